The van der Waals surface area contributed by atoms with Crippen LogP contribution in [-0.4, -0.2) is 18.5 Å². The van der Waals surface area contributed by atoms with Gasteiger partial charge in [-0.15, -0.1) is 11.3 Å². The molecule has 0 spiro atoms. The van der Waals surface area contributed by atoms with Crippen molar-refractivity contribution >= 4 is 61.6 Å². The van der Waals surface area contributed by atoms with Gasteiger partial charge in [0, 0.05) is 20.6 Å². The Hall–Kier alpha value is -1.15. The fourth-order valence-corrected chi connectivity index (χ4v) is 3.57. The topological polar surface area (TPSA) is 55.4 Å². The standard InChI is InChI=1S/C13H12INO3S/c1-3-18-13(17)11-6-8-10(19-11)5-4-9(12(8)14)15-7(2)16/h4-6H,3H2,1-2H3,(H,15,16). The second kappa shape index (κ2) is 5.87. The number of benzene rings is 1. The summed E-state index contributed by atoms with van der Waals surface area (Å²) in [4.78, 5) is 23.4. The van der Waals surface area contributed by atoms with Crippen molar-refractivity contribution in [3.63, 3.8) is 0 Å². The molecule has 0 atom stereocenters. The number of thiophene rings is 1. The summed E-state index contributed by atoms with van der Waals surface area (Å²) in [5, 5.41) is 3.73. The van der Waals surface area contributed by atoms with Crippen LogP contribution in [0.2, 0.25) is 0 Å². The first-order valence-electron chi connectivity index (χ1n) is 5.69. The van der Waals surface area contributed by atoms with Crippen LogP contribution in [0.15, 0.2) is 18.2 Å². The normalized spacial score (nSPS) is 10.5. The number of hydrogen-bond donors (Lipinski definition) is 1. The summed E-state index contributed by atoms with van der Waals surface area (Å²) in [6.45, 7) is 3.61. The van der Waals surface area contributed by atoms with Gasteiger partial charge in [0.05, 0.1) is 12.3 Å². The minimum absolute atomic E-state index is 0.113. The van der Waals surface area contributed by atoms with E-state index in [-0.39, 0.29) is 11.9 Å². The summed E-state index contributed by atoms with van der Waals surface area (Å²) in [5.74, 6) is -0.418. The van der Waals surface area contributed by atoms with Gasteiger partial charge in [0.25, 0.3) is 0 Å². The number of hydrogen-bond acceptors (Lipinski definition) is 4. The van der Waals surface area contributed by atoms with Crippen LogP contribution in [0.1, 0.15) is 23.5 Å². The zero-order chi connectivity index (χ0) is 14.0. The van der Waals surface area contributed by atoms with Crippen LogP contribution in [-0.2, 0) is 9.53 Å². The highest BCUT2D eigenvalue weighted by atomic mass is 127. The van der Waals surface area contributed by atoms with E-state index in [0.717, 1.165) is 19.3 Å². The highest BCUT2D eigenvalue weighted by molar-refractivity contribution is 14.1. The molecule has 0 aliphatic carbocycles. The lowest BCUT2D eigenvalue weighted by Crippen LogP contribution is -2.06. The van der Waals surface area contributed by atoms with Crippen molar-refractivity contribution in [1.29, 1.82) is 0 Å². The molecule has 100 valence electrons. The molecule has 0 aliphatic heterocycles. The number of carbonyl (C=O) groups is 2. The Morgan fingerprint density at radius 1 is 1.42 bits per heavy atom. The van der Waals surface area contributed by atoms with Gasteiger partial charge in [-0.3, -0.25) is 4.79 Å². The maximum Gasteiger partial charge on any atom is 0.348 e. The Bertz CT molecular complexity index is 651. The second-order valence-electron chi connectivity index (χ2n) is 3.85. The van der Waals surface area contributed by atoms with Gasteiger partial charge in [-0.1, -0.05) is 0 Å². The molecular formula is C13H12INO3S. The average Bonchev–Trinajstić information content (AvgIpc) is 2.77. The molecule has 1 N–H and O–H groups in total. The van der Waals surface area contributed by atoms with Crippen molar-refractivity contribution in [2.45, 2.75) is 13.8 Å². The monoisotopic (exact) mass is 389 g/mol. The third-order valence-electron chi connectivity index (χ3n) is 2.42. The van der Waals surface area contributed by atoms with Gasteiger partial charge >= 0.3 is 5.97 Å². The molecular weight excluding hydrogens is 377 g/mol. The van der Waals surface area contributed by atoms with E-state index in [0.29, 0.717) is 11.5 Å². The fourth-order valence-electron chi connectivity index (χ4n) is 1.67. The van der Waals surface area contributed by atoms with Crippen molar-refractivity contribution in [3.8, 4) is 0 Å². The number of fused-ring (bicyclic) bond motifs is 1. The van der Waals surface area contributed by atoms with Crippen molar-refractivity contribution in [2.75, 3.05) is 11.9 Å². The molecule has 0 aliphatic rings. The van der Waals surface area contributed by atoms with Gasteiger partial charge in [0.15, 0.2) is 0 Å². The molecule has 2 aromatic rings. The van der Waals surface area contributed by atoms with Gasteiger partial charge in [-0.25, -0.2) is 4.79 Å². The van der Waals surface area contributed by atoms with E-state index in [9.17, 15) is 9.59 Å². The third-order valence-corrected chi connectivity index (χ3v) is 4.66. The van der Waals surface area contributed by atoms with Crippen LogP contribution in [0.5, 0.6) is 0 Å². The lowest BCUT2D eigenvalue weighted by Gasteiger charge is -2.05. The summed E-state index contributed by atoms with van der Waals surface area (Å²) in [5.41, 5.74) is 0.758. The predicted molar refractivity (Wildman–Crippen MR) is 84.8 cm³/mol. The molecule has 0 saturated carbocycles. The highest BCUT2D eigenvalue weighted by Crippen LogP contribution is 2.34. The zero-order valence-electron chi connectivity index (χ0n) is 10.5. The van der Waals surface area contributed by atoms with Crippen LogP contribution >= 0.6 is 33.9 Å². The Balaban J connectivity index is 2.45. The molecule has 1 aromatic carbocycles. The smallest absolute Gasteiger partial charge is 0.348 e. The maximum atomic E-state index is 11.7. The number of nitrogens with one attached hydrogen (secondary N) is 1. The molecule has 1 amide bonds. The number of carbonyl (C=O) groups excluding carboxylic acids is 2. The summed E-state index contributed by atoms with van der Waals surface area (Å²) < 4.78 is 6.92. The first-order valence-corrected chi connectivity index (χ1v) is 7.59. The van der Waals surface area contributed by atoms with E-state index >= 15 is 0 Å². The Morgan fingerprint density at radius 2 is 2.16 bits per heavy atom. The maximum absolute atomic E-state index is 11.7. The first kappa shape index (κ1) is 14.3. The zero-order valence-corrected chi connectivity index (χ0v) is 13.4. The first-order chi connectivity index (χ1) is 9.02. The minimum atomic E-state index is -0.305. The lowest BCUT2D eigenvalue weighted by molar-refractivity contribution is -0.114. The van der Waals surface area contributed by atoms with Gasteiger partial charge in [-0.2, -0.15) is 0 Å². The molecule has 0 fully saturated rings. The highest BCUT2D eigenvalue weighted by Gasteiger charge is 2.14. The molecule has 1 aromatic heterocycles. The van der Waals surface area contributed by atoms with E-state index in [1.807, 2.05) is 18.2 Å². The molecule has 0 bridgehead atoms. The third kappa shape index (κ3) is 3.06. The molecule has 2 rings (SSSR count). The molecule has 4 nitrogen and oxygen atoms in total. The summed E-state index contributed by atoms with van der Waals surface area (Å²) in [6, 6.07) is 5.55. The van der Waals surface area contributed by atoms with Crippen LogP contribution in [0.4, 0.5) is 5.69 Å². The van der Waals surface area contributed by atoms with Crippen molar-refractivity contribution < 1.29 is 14.3 Å². The molecule has 0 radical (unpaired) electrons. The number of anilines is 1. The van der Waals surface area contributed by atoms with Gasteiger partial charge in [0.2, 0.25) is 5.91 Å². The largest absolute Gasteiger partial charge is 0.462 e. The average molecular weight is 389 g/mol. The molecule has 0 unspecified atom stereocenters. The quantitative estimate of drug-likeness (QED) is 0.644. The molecule has 19 heavy (non-hydrogen) atoms. The molecule has 1 heterocycles. The number of halogens is 1. The van der Waals surface area contributed by atoms with E-state index < -0.39 is 0 Å². The van der Waals surface area contributed by atoms with Gasteiger partial charge < -0.3 is 10.1 Å². The number of ether oxygens (including phenoxy) is 1. The summed E-state index contributed by atoms with van der Waals surface area (Å²) in [6.07, 6.45) is 0. The molecule has 6 heteroatoms. The van der Waals surface area contributed by atoms with Crippen LogP contribution in [0.3, 0.4) is 0 Å². The van der Waals surface area contributed by atoms with Crippen LogP contribution in [0.25, 0.3) is 10.1 Å². The van der Waals surface area contributed by atoms with E-state index in [4.69, 9.17) is 4.74 Å². The summed E-state index contributed by atoms with van der Waals surface area (Å²) >= 11 is 3.57. The van der Waals surface area contributed by atoms with E-state index in [1.54, 1.807) is 6.92 Å². The van der Waals surface area contributed by atoms with Gasteiger partial charge in [-0.05, 0) is 47.7 Å². The van der Waals surface area contributed by atoms with Crippen LogP contribution < -0.4 is 5.32 Å². The molecule has 0 saturated heterocycles. The minimum Gasteiger partial charge on any atom is -0.462 e. The Labute approximate surface area is 128 Å². The number of rotatable bonds is 3. The van der Waals surface area contributed by atoms with Crippen LogP contribution in [0, 0.1) is 3.57 Å². The second-order valence-corrected chi connectivity index (χ2v) is 6.01. The predicted octanol–water partition coefficient (Wildman–Crippen LogP) is 3.64. The van der Waals surface area contributed by atoms with Crippen molar-refractivity contribution in [2.24, 2.45) is 0 Å². The van der Waals surface area contributed by atoms with Crippen molar-refractivity contribution in [3.05, 3.63) is 26.6 Å². The SMILES string of the molecule is CCOC(=O)c1cc2c(I)c(NC(C)=O)ccc2s1. The van der Waals surface area contributed by atoms with E-state index in [1.165, 1.54) is 18.3 Å². The summed E-state index contributed by atoms with van der Waals surface area (Å²) in [7, 11) is 0. The Kier molecular flexibility index (Phi) is 4.41. The van der Waals surface area contributed by atoms with Gasteiger partial charge in [0.1, 0.15) is 4.88 Å². The Morgan fingerprint density at radius 3 is 2.79 bits per heavy atom. The fraction of sp³-hybridized carbons (Fsp3) is 0.231. The number of esters is 1. The van der Waals surface area contributed by atoms with Crippen molar-refractivity contribution in [1.82, 2.24) is 0 Å². The van der Waals surface area contributed by atoms with E-state index in [2.05, 4.69) is 27.9 Å². The number of amides is 1. The lowest BCUT2D eigenvalue weighted by atomic mass is 10.2.